The largest absolute Gasteiger partial charge is 0.487 e. The van der Waals surface area contributed by atoms with E-state index in [1.807, 2.05) is 90.0 Å². The molecule has 37 heavy (non-hydrogen) atoms. The van der Waals surface area contributed by atoms with Crippen LogP contribution in [0.25, 0.3) is 0 Å². The highest BCUT2D eigenvalue weighted by Gasteiger charge is 2.25. The van der Waals surface area contributed by atoms with Crippen LogP contribution in [-0.4, -0.2) is 46.2 Å². The maximum Gasteiger partial charge on any atom is 0.338 e. The van der Waals surface area contributed by atoms with Gasteiger partial charge in [-0.25, -0.2) is 4.79 Å². The van der Waals surface area contributed by atoms with E-state index in [4.69, 9.17) is 9.47 Å². The summed E-state index contributed by atoms with van der Waals surface area (Å²) in [4.78, 5) is 18.9. The molecule has 5 rings (SSSR count). The van der Waals surface area contributed by atoms with Crippen LogP contribution in [0.5, 0.6) is 5.75 Å². The Morgan fingerprint density at radius 2 is 1.70 bits per heavy atom. The van der Waals surface area contributed by atoms with Crippen LogP contribution in [0.3, 0.4) is 0 Å². The SMILES string of the molecule is O=C(OCC=CN1CC(Oc2ccc(CCc3cccnc3)cc2)C1)c1ccccc1Cn1cccc1. The Labute approximate surface area is 217 Å². The zero-order valence-electron chi connectivity index (χ0n) is 20.8. The van der Waals surface area contributed by atoms with E-state index < -0.39 is 0 Å². The van der Waals surface area contributed by atoms with E-state index >= 15 is 0 Å². The Morgan fingerprint density at radius 3 is 2.49 bits per heavy atom. The first-order valence-electron chi connectivity index (χ1n) is 12.6. The molecule has 0 aliphatic carbocycles. The number of carbonyl (C=O) groups is 1. The molecule has 1 aliphatic heterocycles. The molecule has 2 aromatic carbocycles. The van der Waals surface area contributed by atoms with Gasteiger partial charge in [-0.05, 0) is 78.2 Å². The van der Waals surface area contributed by atoms with Crippen molar-refractivity contribution in [2.24, 2.45) is 0 Å². The van der Waals surface area contributed by atoms with Crippen LogP contribution in [-0.2, 0) is 24.1 Å². The van der Waals surface area contributed by atoms with E-state index in [1.54, 1.807) is 6.20 Å². The van der Waals surface area contributed by atoms with E-state index in [1.165, 1.54) is 11.1 Å². The zero-order chi connectivity index (χ0) is 25.3. The Morgan fingerprint density at radius 1 is 0.919 bits per heavy atom. The standard InChI is InChI=1S/C31H31N3O3/c35-31(30-9-2-1-8-27(30)22-33-17-3-4-18-33)36-20-6-19-34-23-29(24-34)37-28-14-12-25(13-15-28)10-11-26-7-5-16-32-21-26/h1-9,12-19,21,29H,10-11,20,22-24H2. The zero-order valence-corrected chi connectivity index (χ0v) is 20.8. The quantitative estimate of drug-likeness (QED) is 0.271. The highest BCUT2D eigenvalue weighted by atomic mass is 16.5. The molecule has 0 unspecified atom stereocenters. The van der Waals surface area contributed by atoms with Crippen LogP contribution < -0.4 is 4.74 Å². The molecule has 4 aromatic rings. The van der Waals surface area contributed by atoms with E-state index in [2.05, 4.69) is 28.1 Å². The number of carbonyl (C=O) groups excluding carboxylic acids is 1. The summed E-state index contributed by atoms with van der Waals surface area (Å²) >= 11 is 0. The fraction of sp³-hybridized carbons (Fsp3) is 0.226. The molecule has 0 saturated carbocycles. The van der Waals surface area contributed by atoms with Crippen molar-refractivity contribution in [2.45, 2.75) is 25.5 Å². The molecule has 0 N–H and O–H groups in total. The van der Waals surface area contributed by atoms with Crippen molar-refractivity contribution in [3.05, 3.63) is 132 Å². The Balaban J connectivity index is 1.01. The lowest BCUT2D eigenvalue weighted by molar-refractivity contribution is 0.0495. The number of hydrogen-bond donors (Lipinski definition) is 0. The summed E-state index contributed by atoms with van der Waals surface area (Å²) in [5, 5.41) is 0. The first-order valence-corrected chi connectivity index (χ1v) is 12.6. The summed E-state index contributed by atoms with van der Waals surface area (Å²) in [5.41, 5.74) is 4.08. The Hall–Kier alpha value is -4.32. The second kappa shape index (κ2) is 12.1. The number of rotatable bonds is 11. The smallest absolute Gasteiger partial charge is 0.338 e. The topological polar surface area (TPSA) is 56.6 Å². The van der Waals surface area contributed by atoms with Crippen LogP contribution in [0.4, 0.5) is 0 Å². The van der Waals surface area contributed by atoms with Crippen LogP contribution in [0.1, 0.15) is 27.0 Å². The molecule has 0 amide bonds. The van der Waals surface area contributed by atoms with Crippen LogP contribution >= 0.6 is 0 Å². The van der Waals surface area contributed by atoms with Crippen molar-refractivity contribution < 1.29 is 14.3 Å². The number of esters is 1. The van der Waals surface area contributed by atoms with Gasteiger partial charge in [-0.3, -0.25) is 4.98 Å². The summed E-state index contributed by atoms with van der Waals surface area (Å²) in [6, 6.07) is 24.0. The van der Waals surface area contributed by atoms with Crippen molar-refractivity contribution in [1.29, 1.82) is 0 Å². The Kier molecular flexibility index (Phi) is 7.96. The predicted octanol–water partition coefficient (Wildman–Crippen LogP) is 5.15. The van der Waals surface area contributed by atoms with Gasteiger partial charge >= 0.3 is 5.97 Å². The van der Waals surface area contributed by atoms with Gasteiger partial charge in [-0.15, -0.1) is 0 Å². The maximum atomic E-state index is 12.6. The number of nitrogens with zero attached hydrogens (tertiary/aromatic N) is 3. The monoisotopic (exact) mass is 493 g/mol. The third kappa shape index (κ3) is 6.88. The number of ether oxygens (including phenoxy) is 2. The molecule has 0 atom stereocenters. The fourth-order valence-electron chi connectivity index (χ4n) is 4.35. The van der Waals surface area contributed by atoms with Crippen LogP contribution in [0.2, 0.25) is 0 Å². The molecule has 188 valence electrons. The second-order valence-electron chi connectivity index (χ2n) is 9.19. The van der Waals surface area contributed by atoms with Gasteiger partial charge in [0, 0.05) is 31.3 Å². The van der Waals surface area contributed by atoms with Gasteiger partial charge < -0.3 is 18.9 Å². The average molecular weight is 494 g/mol. The van der Waals surface area contributed by atoms with Crippen LogP contribution in [0, 0.1) is 0 Å². The molecular weight excluding hydrogens is 462 g/mol. The minimum Gasteiger partial charge on any atom is -0.487 e. The minimum absolute atomic E-state index is 0.161. The molecule has 0 bridgehead atoms. The molecule has 1 fully saturated rings. The van der Waals surface area contributed by atoms with E-state index in [0.717, 1.165) is 37.2 Å². The molecule has 3 heterocycles. The van der Waals surface area contributed by atoms with Gasteiger partial charge in [0.1, 0.15) is 18.5 Å². The lowest BCUT2D eigenvalue weighted by atomic mass is 10.1. The maximum absolute atomic E-state index is 12.6. The second-order valence-corrected chi connectivity index (χ2v) is 9.19. The number of aromatic nitrogens is 2. The number of pyridine rings is 1. The average Bonchev–Trinajstić information content (AvgIpc) is 3.43. The lowest BCUT2D eigenvalue weighted by Crippen LogP contribution is -2.50. The van der Waals surface area contributed by atoms with E-state index in [-0.39, 0.29) is 18.7 Å². The number of aryl methyl sites for hydroxylation is 2. The molecule has 2 aromatic heterocycles. The number of likely N-dealkylation sites (tertiary alicyclic amines) is 1. The molecule has 1 saturated heterocycles. The number of hydrogen-bond acceptors (Lipinski definition) is 5. The summed E-state index contributed by atoms with van der Waals surface area (Å²) in [6.45, 7) is 2.50. The van der Waals surface area contributed by atoms with Crippen molar-refractivity contribution >= 4 is 5.97 Å². The van der Waals surface area contributed by atoms with Gasteiger partial charge in [0.2, 0.25) is 0 Å². The van der Waals surface area contributed by atoms with Crippen molar-refractivity contribution in [3.63, 3.8) is 0 Å². The summed E-state index contributed by atoms with van der Waals surface area (Å²) in [5.74, 6) is 0.590. The molecule has 6 heteroatoms. The minimum atomic E-state index is -0.305. The van der Waals surface area contributed by atoms with Gasteiger partial charge in [0.15, 0.2) is 0 Å². The predicted molar refractivity (Wildman–Crippen MR) is 143 cm³/mol. The van der Waals surface area contributed by atoms with E-state index in [0.29, 0.717) is 12.1 Å². The summed E-state index contributed by atoms with van der Waals surface area (Å²) in [7, 11) is 0. The van der Waals surface area contributed by atoms with Crippen molar-refractivity contribution in [1.82, 2.24) is 14.5 Å². The summed E-state index contributed by atoms with van der Waals surface area (Å²) < 4.78 is 13.6. The molecule has 0 spiro atoms. The highest BCUT2D eigenvalue weighted by molar-refractivity contribution is 5.91. The first kappa shape index (κ1) is 24.4. The number of benzene rings is 2. The third-order valence-electron chi connectivity index (χ3n) is 6.41. The van der Waals surface area contributed by atoms with Crippen molar-refractivity contribution in [3.8, 4) is 5.75 Å². The van der Waals surface area contributed by atoms with Gasteiger partial charge in [-0.1, -0.05) is 36.4 Å². The van der Waals surface area contributed by atoms with Gasteiger partial charge in [0.25, 0.3) is 0 Å². The molecular formula is C31H31N3O3. The summed E-state index contributed by atoms with van der Waals surface area (Å²) in [6.07, 6.45) is 13.7. The Bertz CT molecular complexity index is 1300. The molecule has 1 aliphatic rings. The fourth-order valence-corrected chi connectivity index (χ4v) is 4.35. The van der Waals surface area contributed by atoms with Crippen molar-refractivity contribution in [2.75, 3.05) is 19.7 Å². The third-order valence-corrected chi connectivity index (χ3v) is 6.41. The van der Waals surface area contributed by atoms with Crippen LogP contribution in [0.15, 0.2) is 110 Å². The molecule has 6 nitrogen and oxygen atoms in total. The van der Waals surface area contributed by atoms with Gasteiger partial charge in [-0.2, -0.15) is 0 Å². The normalized spacial score (nSPS) is 13.5. The first-order chi connectivity index (χ1) is 18.2. The van der Waals surface area contributed by atoms with Gasteiger partial charge in [0.05, 0.1) is 18.7 Å². The molecule has 0 radical (unpaired) electrons. The highest BCUT2D eigenvalue weighted by Crippen LogP contribution is 2.20. The lowest BCUT2D eigenvalue weighted by Gasteiger charge is -2.38. The van der Waals surface area contributed by atoms with E-state index in [9.17, 15) is 4.79 Å².